The third-order valence-corrected chi connectivity index (χ3v) is 4.67. The van der Waals surface area contributed by atoms with Crippen LogP contribution in [0.5, 0.6) is 0 Å². The number of hydrogen-bond donors (Lipinski definition) is 0. The van der Waals surface area contributed by atoms with E-state index in [1.807, 2.05) is 0 Å². The van der Waals surface area contributed by atoms with E-state index in [0.717, 1.165) is 23.6 Å². The molecule has 2 aliphatic rings. The van der Waals surface area contributed by atoms with Crippen molar-refractivity contribution >= 4 is 5.91 Å². The number of ether oxygens (including phenoxy) is 2. The minimum absolute atomic E-state index is 0.0635. The van der Waals surface area contributed by atoms with Crippen molar-refractivity contribution < 1.29 is 27.4 Å². The normalized spacial score (nSPS) is 21.8. The van der Waals surface area contributed by atoms with Crippen LogP contribution in [-0.2, 0) is 22.7 Å². The molecule has 2 fully saturated rings. The van der Waals surface area contributed by atoms with Crippen molar-refractivity contribution in [3.63, 3.8) is 0 Å². The van der Waals surface area contributed by atoms with E-state index in [4.69, 9.17) is 9.47 Å². The van der Waals surface area contributed by atoms with E-state index in [1.54, 1.807) is 4.90 Å². The molecular weight excluding hydrogens is 327 g/mol. The molecule has 0 radical (unpaired) electrons. The van der Waals surface area contributed by atoms with Crippen molar-refractivity contribution in [2.45, 2.75) is 19.0 Å². The van der Waals surface area contributed by atoms with Gasteiger partial charge in [-0.3, -0.25) is 9.48 Å². The van der Waals surface area contributed by atoms with Gasteiger partial charge in [0.05, 0.1) is 13.2 Å². The quantitative estimate of drug-likeness (QED) is 0.776. The first-order valence-electron chi connectivity index (χ1n) is 7.87. The van der Waals surface area contributed by atoms with Crippen molar-refractivity contribution in [3.8, 4) is 0 Å². The van der Waals surface area contributed by atoms with Gasteiger partial charge in [0, 0.05) is 44.8 Å². The Morgan fingerprint density at radius 1 is 1.25 bits per heavy atom. The number of nitrogens with zero attached hydrogens (tertiary/aromatic N) is 3. The highest BCUT2D eigenvalue weighted by Gasteiger charge is 2.40. The summed E-state index contributed by atoms with van der Waals surface area (Å²) in [7, 11) is 1.35. The predicted molar refractivity (Wildman–Crippen MR) is 77.4 cm³/mol. The van der Waals surface area contributed by atoms with Gasteiger partial charge in [-0.15, -0.1) is 0 Å². The monoisotopic (exact) mass is 347 g/mol. The maximum Gasteiger partial charge on any atom is 0.435 e. The van der Waals surface area contributed by atoms with Crippen molar-refractivity contribution in [1.82, 2.24) is 14.7 Å². The number of halogens is 3. The number of aryl methyl sites for hydroxylation is 1. The summed E-state index contributed by atoms with van der Waals surface area (Å²) >= 11 is 0. The Balaban J connectivity index is 1.82. The van der Waals surface area contributed by atoms with E-state index < -0.39 is 17.8 Å². The van der Waals surface area contributed by atoms with Crippen molar-refractivity contribution in [1.29, 1.82) is 0 Å². The molecule has 0 bridgehead atoms. The van der Waals surface area contributed by atoms with Gasteiger partial charge in [0.1, 0.15) is 5.69 Å². The van der Waals surface area contributed by atoms with Crippen molar-refractivity contribution in [2.75, 3.05) is 39.5 Å². The number of carbonyl (C=O) groups excluding carboxylic acids is 1. The maximum atomic E-state index is 12.8. The zero-order valence-corrected chi connectivity index (χ0v) is 13.4. The summed E-state index contributed by atoms with van der Waals surface area (Å²) in [5.41, 5.74) is -1.30. The van der Waals surface area contributed by atoms with Crippen LogP contribution >= 0.6 is 0 Å². The summed E-state index contributed by atoms with van der Waals surface area (Å²) in [5, 5.41) is 3.42. The highest BCUT2D eigenvalue weighted by molar-refractivity contribution is 5.92. The lowest BCUT2D eigenvalue weighted by Crippen LogP contribution is -2.45. The average Bonchev–Trinajstić information content (AvgIpc) is 2.81. The molecule has 24 heavy (non-hydrogen) atoms. The summed E-state index contributed by atoms with van der Waals surface area (Å²) in [5.74, 6) is -0.447. The van der Waals surface area contributed by atoms with E-state index in [1.165, 1.54) is 7.05 Å². The van der Waals surface area contributed by atoms with Gasteiger partial charge in [0.15, 0.2) is 5.69 Å². The third-order valence-electron chi connectivity index (χ3n) is 4.67. The molecule has 0 N–H and O–H groups in total. The van der Waals surface area contributed by atoms with Gasteiger partial charge in [0.2, 0.25) is 0 Å². The van der Waals surface area contributed by atoms with E-state index in [0.29, 0.717) is 39.5 Å². The van der Waals surface area contributed by atoms with Crippen molar-refractivity contribution in [2.24, 2.45) is 12.5 Å². The highest BCUT2D eigenvalue weighted by Crippen LogP contribution is 2.34. The lowest BCUT2D eigenvalue weighted by atomic mass is 9.80. The highest BCUT2D eigenvalue weighted by atomic mass is 19.4. The van der Waals surface area contributed by atoms with E-state index >= 15 is 0 Å². The van der Waals surface area contributed by atoms with E-state index in [-0.39, 0.29) is 11.1 Å². The second-order valence-corrected chi connectivity index (χ2v) is 6.43. The number of rotatable bonds is 1. The predicted octanol–water partition coefficient (Wildman–Crippen LogP) is 1.71. The van der Waals surface area contributed by atoms with Gasteiger partial charge >= 0.3 is 6.18 Å². The summed E-state index contributed by atoms with van der Waals surface area (Å²) < 4.78 is 50.4. The molecule has 3 rings (SSSR count). The second-order valence-electron chi connectivity index (χ2n) is 6.43. The van der Waals surface area contributed by atoms with Crippen LogP contribution in [0.4, 0.5) is 13.2 Å². The van der Waals surface area contributed by atoms with Gasteiger partial charge in [0.25, 0.3) is 5.91 Å². The molecule has 1 amide bonds. The fourth-order valence-electron chi connectivity index (χ4n) is 3.24. The van der Waals surface area contributed by atoms with Gasteiger partial charge < -0.3 is 14.4 Å². The Morgan fingerprint density at radius 2 is 1.96 bits per heavy atom. The Labute approximate surface area is 137 Å². The Bertz CT molecular complexity index is 609. The molecule has 3 heterocycles. The molecular formula is C15H20F3N3O3. The van der Waals surface area contributed by atoms with Crippen molar-refractivity contribution in [3.05, 3.63) is 17.5 Å². The average molecular weight is 347 g/mol. The first-order valence-corrected chi connectivity index (χ1v) is 7.87. The number of amides is 1. The molecule has 1 aromatic rings. The SMILES string of the molecule is Cn1nc(C(F)(F)F)cc1C(=O)N1CCOCC2(CCOCC2)C1. The molecule has 6 nitrogen and oxygen atoms in total. The second kappa shape index (κ2) is 6.36. The lowest BCUT2D eigenvalue weighted by Gasteiger charge is -2.38. The third kappa shape index (κ3) is 3.41. The standard InChI is InChI=1S/C15H20F3N3O3/c1-20-11(8-12(19-20)15(16,17)18)13(22)21-4-7-24-10-14(9-21)2-5-23-6-3-14/h8H,2-7,9-10H2,1H3. The Kier molecular flexibility index (Phi) is 4.56. The Hall–Kier alpha value is -1.61. The summed E-state index contributed by atoms with van der Waals surface area (Å²) in [6.45, 7) is 2.94. The van der Waals surface area contributed by atoms with Gasteiger partial charge in [-0.05, 0) is 12.8 Å². The zero-order valence-electron chi connectivity index (χ0n) is 13.4. The van der Waals surface area contributed by atoms with Gasteiger partial charge in [-0.1, -0.05) is 0 Å². The number of hydrogen-bond acceptors (Lipinski definition) is 4. The first kappa shape index (κ1) is 17.2. The lowest BCUT2D eigenvalue weighted by molar-refractivity contribution is -0.141. The van der Waals surface area contributed by atoms with Crippen LogP contribution in [0.3, 0.4) is 0 Å². The van der Waals surface area contributed by atoms with Crippen LogP contribution < -0.4 is 0 Å². The van der Waals surface area contributed by atoms with Crippen LogP contribution in [0.15, 0.2) is 6.07 Å². The summed E-state index contributed by atoms with van der Waals surface area (Å²) in [6, 6.07) is 0.810. The van der Waals surface area contributed by atoms with E-state index in [9.17, 15) is 18.0 Å². The van der Waals surface area contributed by atoms with Crippen LogP contribution in [0.2, 0.25) is 0 Å². The van der Waals surface area contributed by atoms with E-state index in [2.05, 4.69) is 5.10 Å². The zero-order chi connectivity index (χ0) is 17.4. The smallest absolute Gasteiger partial charge is 0.381 e. The fraction of sp³-hybridized carbons (Fsp3) is 0.733. The largest absolute Gasteiger partial charge is 0.435 e. The summed E-state index contributed by atoms with van der Waals surface area (Å²) in [4.78, 5) is 14.3. The molecule has 0 saturated carbocycles. The van der Waals surface area contributed by atoms with Crippen LogP contribution in [0.1, 0.15) is 29.0 Å². The van der Waals surface area contributed by atoms with Crippen LogP contribution in [0.25, 0.3) is 0 Å². The molecule has 0 unspecified atom stereocenters. The fourth-order valence-corrected chi connectivity index (χ4v) is 3.24. The molecule has 2 saturated heterocycles. The molecule has 2 aliphatic heterocycles. The van der Waals surface area contributed by atoms with Gasteiger partial charge in [-0.25, -0.2) is 0 Å². The maximum absolute atomic E-state index is 12.8. The molecule has 9 heteroatoms. The number of alkyl halides is 3. The minimum atomic E-state index is -4.57. The Morgan fingerprint density at radius 3 is 2.58 bits per heavy atom. The number of carbonyl (C=O) groups is 1. The minimum Gasteiger partial charge on any atom is -0.381 e. The molecule has 134 valence electrons. The molecule has 0 atom stereocenters. The topological polar surface area (TPSA) is 56.6 Å². The molecule has 0 aromatic carbocycles. The first-order chi connectivity index (χ1) is 11.3. The number of aromatic nitrogens is 2. The van der Waals surface area contributed by atoms with Crippen LogP contribution in [0, 0.1) is 5.41 Å². The molecule has 1 aromatic heterocycles. The van der Waals surface area contributed by atoms with Crippen LogP contribution in [-0.4, -0.2) is 60.1 Å². The molecule has 1 spiro atoms. The van der Waals surface area contributed by atoms with Gasteiger partial charge in [-0.2, -0.15) is 18.3 Å². The summed E-state index contributed by atoms with van der Waals surface area (Å²) in [6.07, 6.45) is -3.02. The molecule has 0 aliphatic carbocycles.